The Balaban J connectivity index is 2.30. The van der Waals surface area contributed by atoms with Gasteiger partial charge in [0.1, 0.15) is 5.82 Å². The standard InChI is InChI=1S/C11H18N4O/c1-14(2)10-5-6-11(16)15(13-10)9-4-3-7-12-8-9/h5-6,9,12H,3-4,7-8H2,1-2H3. The molecule has 0 spiro atoms. The zero-order valence-corrected chi connectivity index (χ0v) is 9.81. The van der Waals surface area contributed by atoms with Gasteiger partial charge in [-0.3, -0.25) is 4.79 Å². The molecule has 0 amide bonds. The van der Waals surface area contributed by atoms with Crippen molar-refractivity contribution in [3.05, 3.63) is 22.5 Å². The maximum Gasteiger partial charge on any atom is 0.267 e. The van der Waals surface area contributed by atoms with Gasteiger partial charge in [-0.25, -0.2) is 4.68 Å². The van der Waals surface area contributed by atoms with Crippen molar-refractivity contribution >= 4 is 5.82 Å². The molecule has 1 aliphatic rings. The van der Waals surface area contributed by atoms with Crippen LogP contribution in [0.15, 0.2) is 16.9 Å². The monoisotopic (exact) mass is 222 g/mol. The number of aromatic nitrogens is 2. The van der Waals surface area contributed by atoms with E-state index < -0.39 is 0 Å². The van der Waals surface area contributed by atoms with Gasteiger partial charge in [0.2, 0.25) is 0 Å². The van der Waals surface area contributed by atoms with E-state index in [1.807, 2.05) is 19.0 Å². The van der Waals surface area contributed by atoms with Gasteiger partial charge >= 0.3 is 0 Å². The number of hydrogen-bond donors (Lipinski definition) is 1. The molecule has 1 aliphatic heterocycles. The molecular weight excluding hydrogens is 204 g/mol. The van der Waals surface area contributed by atoms with E-state index in [1.165, 1.54) is 0 Å². The third-order valence-electron chi connectivity index (χ3n) is 2.89. The molecule has 1 fully saturated rings. The van der Waals surface area contributed by atoms with Crippen LogP contribution in [0, 0.1) is 0 Å². The second-order valence-corrected chi connectivity index (χ2v) is 4.37. The molecule has 2 heterocycles. The number of piperidine rings is 1. The molecular formula is C11H18N4O. The van der Waals surface area contributed by atoms with E-state index in [2.05, 4.69) is 10.4 Å². The van der Waals surface area contributed by atoms with Crippen molar-refractivity contribution in [1.82, 2.24) is 15.1 Å². The van der Waals surface area contributed by atoms with Gasteiger partial charge in [-0.2, -0.15) is 5.10 Å². The summed E-state index contributed by atoms with van der Waals surface area (Å²) in [6.07, 6.45) is 2.13. The lowest BCUT2D eigenvalue weighted by Gasteiger charge is -2.24. The van der Waals surface area contributed by atoms with E-state index in [-0.39, 0.29) is 11.6 Å². The molecule has 16 heavy (non-hydrogen) atoms. The number of nitrogens with one attached hydrogen (secondary N) is 1. The van der Waals surface area contributed by atoms with E-state index in [4.69, 9.17) is 0 Å². The summed E-state index contributed by atoms with van der Waals surface area (Å²) in [5.41, 5.74) is -0.0145. The third kappa shape index (κ3) is 2.24. The maximum atomic E-state index is 11.7. The Bertz CT molecular complexity index is 407. The summed E-state index contributed by atoms with van der Waals surface area (Å²) in [5.74, 6) is 0.824. The van der Waals surface area contributed by atoms with Gasteiger partial charge in [-0.05, 0) is 25.5 Å². The second-order valence-electron chi connectivity index (χ2n) is 4.37. The Morgan fingerprint density at radius 2 is 2.31 bits per heavy atom. The van der Waals surface area contributed by atoms with Gasteiger partial charge in [-0.15, -0.1) is 0 Å². The molecule has 2 rings (SSSR count). The van der Waals surface area contributed by atoms with Crippen molar-refractivity contribution in [2.45, 2.75) is 18.9 Å². The Labute approximate surface area is 95.1 Å². The van der Waals surface area contributed by atoms with Crippen LogP contribution in [0.25, 0.3) is 0 Å². The maximum absolute atomic E-state index is 11.7. The van der Waals surface area contributed by atoms with Crippen LogP contribution < -0.4 is 15.8 Å². The average Bonchev–Trinajstić information content (AvgIpc) is 2.30. The predicted octanol–water partition coefficient (Wildman–Crippen LogP) is 0.234. The van der Waals surface area contributed by atoms with Crippen molar-refractivity contribution in [3.8, 4) is 0 Å². The fourth-order valence-electron chi connectivity index (χ4n) is 1.96. The van der Waals surface area contributed by atoms with Crippen molar-refractivity contribution in [2.24, 2.45) is 0 Å². The third-order valence-corrected chi connectivity index (χ3v) is 2.89. The van der Waals surface area contributed by atoms with Gasteiger partial charge in [0, 0.05) is 26.7 Å². The molecule has 0 saturated carbocycles. The topological polar surface area (TPSA) is 50.2 Å². The molecule has 0 aliphatic carbocycles. The van der Waals surface area contributed by atoms with Gasteiger partial charge in [0.15, 0.2) is 0 Å². The summed E-state index contributed by atoms with van der Waals surface area (Å²) in [4.78, 5) is 13.7. The molecule has 1 saturated heterocycles. The van der Waals surface area contributed by atoms with Crippen LogP contribution in [0.4, 0.5) is 5.82 Å². The Morgan fingerprint density at radius 3 is 2.94 bits per heavy atom. The summed E-state index contributed by atoms with van der Waals surface area (Å²) in [6, 6.07) is 3.55. The lowest BCUT2D eigenvalue weighted by molar-refractivity contribution is 0.335. The van der Waals surface area contributed by atoms with E-state index in [0.717, 1.165) is 31.7 Å². The molecule has 5 heteroatoms. The van der Waals surface area contributed by atoms with Crippen LogP contribution in [-0.2, 0) is 0 Å². The Hall–Kier alpha value is -1.36. The number of anilines is 1. The lowest BCUT2D eigenvalue weighted by Crippen LogP contribution is -2.38. The normalized spacial score (nSPS) is 20.8. The van der Waals surface area contributed by atoms with Crippen molar-refractivity contribution in [1.29, 1.82) is 0 Å². The molecule has 1 atom stereocenters. The van der Waals surface area contributed by atoms with Gasteiger partial charge < -0.3 is 10.2 Å². The fraction of sp³-hybridized carbons (Fsp3) is 0.636. The second kappa shape index (κ2) is 4.65. The summed E-state index contributed by atoms with van der Waals surface area (Å²) in [5, 5.41) is 7.68. The summed E-state index contributed by atoms with van der Waals surface area (Å²) in [6.45, 7) is 1.88. The van der Waals surface area contributed by atoms with Crippen LogP contribution in [0.3, 0.4) is 0 Å². The molecule has 0 bridgehead atoms. The van der Waals surface area contributed by atoms with E-state index in [9.17, 15) is 4.79 Å². The van der Waals surface area contributed by atoms with Crippen LogP contribution >= 0.6 is 0 Å². The van der Waals surface area contributed by atoms with Crippen LogP contribution in [0.2, 0.25) is 0 Å². The molecule has 0 aromatic carbocycles. The summed E-state index contributed by atoms with van der Waals surface area (Å²) >= 11 is 0. The van der Waals surface area contributed by atoms with Crippen LogP contribution in [-0.4, -0.2) is 37.0 Å². The highest BCUT2D eigenvalue weighted by Gasteiger charge is 2.17. The lowest BCUT2D eigenvalue weighted by atomic mass is 10.1. The molecule has 1 N–H and O–H groups in total. The zero-order chi connectivity index (χ0) is 11.5. The molecule has 88 valence electrons. The number of nitrogens with zero attached hydrogens (tertiary/aromatic N) is 3. The quantitative estimate of drug-likeness (QED) is 0.778. The van der Waals surface area contributed by atoms with Gasteiger partial charge in [-0.1, -0.05) is 0 Å². The zero-order valence-electron chi connectivity index (χ0n) is 9.81. The molecule has 1 aromatic heterocycles. The van der Waals surface area contributed by atoms with Crippen molar-refractivity contribution in [3.63, 3.8) is 0 Å². The van der Waals surface area contributed by atoms with Gasteiger partial charge in [0.05, 0.1) is 6.04 Å². The Morgan fingerprint density at radius 1 is 1.50 bits per heavy atom. The van der Waals surface area contributed by atoms with E-state index in [1.54, 1.807) is 16.8 Å². The first-order valence-corrected chi connectivity index (χ1v) is 5.66. The minimum atomic E-state index is -0.0145. The first-order chi connectivity index (χ1) is 7.68. The highest BCUT2D eigenvalue weighted by molar-refractivity contribution is 5.33. The van der Waals surface area contributed by atoms with Gasteiger partial charge in [0.25, 0.3) is 5.56 Å². The summed E-state index contributed by atoms with van der Waals surface area (Å²) < 4.78 is 1.61. The Kier molecular flexibility index (Phi) is 3.24. The SMILES string of the molecule is CN(C)c1ccc(=O)n(C2CCCNC2)n1. The minimum absolute atomic E-state index is 0.0145. The molecule has 5 nitrogen and oxygen atoms in total. The van der Waals surface area contributed by atoms with Crippen molar-refractivity contribution in [2.75, 3.05) is 32.1 Å². The largest absolute Gasteiger partial charge is 0.361 e. The van der Waals surface area contributed by atoms with Crippen LogP contribution in [0.5, 0.6) is 0 Å². The number of rotatable bonds is 2. The first-order valence-electron chi connectivity index (χ1n) is 5.66. The smallest absolute Gasteiger partial charge is 0.267 e. The van der Waals surface area contributed by atoms with Crippen molar-refractivity contribution < 1.29 is 0 Å². The minimum Gasteiger partial charge on any atom is -0.361 e. The number of hydrogen-bond acceptors (Lipinski definition) is 4. The highest BCUT2D eigenvalue weighted by atomic mass is 16.1. The molecule has 0 radical (unpaired) electrons. The van der Waals surface area contributed by atoms with Crippen LogP contribution in [0.1, 0.15) is 18.9 Å². The first kappa shape index (κ1) is 11.1. The molecule has 1 aromatic rings. The fourth-order valence-corrected chi connectivity index (χ4v) is 1.96. The highest BCUT2D eigenvalue weighted by Crippen LogP contribution is 2.14. The average molecular weight is 222 g/mol. The van der Waals surface area contributed by atoms with E-state index >= 15 is 0 Å². The molecule has 1 unspecified atom stereocenters. The predicted molar refractivity (Wildman–Crippen MR) is 64.0 cm³/mol. The van der Waals surface area contributed by atoms with E-state index in [0.29, 0.717) is 0 Å². The summed E-state index contributed by atoms with van der Waals surface area (Å²) in [7, 11) is 3.85.